The Morgan fingerprint density at radius 2 is 2.10 bits per heavy atom. The van der Waals surface area contributed by atoms with Crippen LogP contribution < -0.4 is 4.74 Å². The van der Waals surface area contributed by atoms with Crippen LogP contribution in [-0.4, -0.2) is 36.7 Å². The van der Waals surface area contributed by atoms with Gasteiger partial charge in [0, 0.05) is 12.1 Å². The van der Waals surface area contributed by atoms with E-state index in [-0.39, 0.29) is 6.09 Å². The third-order valence-electron chi connectivity index (χ3n) is 3.41. The molecule has 0 bridgehead atoms. The average molecular weight is 274 g/mol. The number of nitrogens with zero attached hydrogens (tertiary/aromatic N) is 2. The van der Waals surface area contributed by atoms with Gasteiger partial charge in [0.25, 0.3) is 0 Å². The molecule has 5 nitrogen and oxygen atoms in total. The predicted octanol–water partition coefficient (Wildman–Crippen LogP) is 2.65. The van der Waals surface area contributed by atoms with Crippen molar-refractivity contribution in [2.75, 3.05) is 19.8 Å². The monoisotopic (exact) mass is 274 g/mol. The fraction of sp³-hybridized carbons (Fsp3) is 0.467. The highest BCUT2D eigenvalue weighted by molar-refractivity contribution is 6.01. The van der Waals surface area contributed by atoms with E-state index < -0.39 is 0 Å². The molecule has 1 aliphatic carbocycles. The molecule has 0 saturated heterocycles. The first-order valence-electron chi connectivity index (χ1n) is 7.00. The van der Waals surface area contributed by atoms with Gasteiger partial charge in [0.2, 0.25) is 5.90 Å². The van der Waals surface area contributed by atoms with Crippen LogP contribution in [0.3, 0.4) is 0 Å². The second-order valence-electron chi connectivity index (χ2n) is 5.10. The van der Waals surface area contributed by atoms with Crippen molar-refractivity contribution >= 4 is 12.0 Å². The van der Waals surface area contributed by atoms with Gasteiger partial charge >= 0.3 is 6.09 Å². The number of hydrogen-bond acceptors (Lipinski definition) is 4. The molecule has 0 spiro atoms. The van der Waals surface area contributed by atoms with Gasteiger partial charge in [0.05, 0.1) is 6.61 Å². The molecule has 20 heavy (non-hydrogen) atoms. The third kappa shape index (κ3) is 2.92. The molecule has 3 rings (SSSR count). The van der Waals surface area contributed by atoms with Crippen LogP contribution in [0.5, 0.6) is 5.75 Å². The Morgan fingerprint density at radius 1 is 1.35 bits per heavy atom. The Bertz CT molecular complexity index is 520. The number of aliphatic imine (C=N–C) groups is 1. The minimum atomic E-state index is -0.296. The second-order valence-corrected chi connectivity index (χ2v) is 5.10. The quantitative estimate of drug-likeness (QED) is 0.829. The van der Waals surface area contributed by atoms with E-state index in [1.807, 2.05) is 31.2 Å². The molecule has 106 valence electrons. The minimum Gasteiger partial charge on any atom is -0.494 e. The maximum Gasteiger partial charge on any atom is 0.418 e. The van der Waals surface area contributed by atoms with Gasteiger partial charge in [-0.1, -0.05) is 0 Å². The summed E-state index contributed by atoms with van der Waals surface area (Å²) < 4.78 is 10.7. The SMILES string of the molecule is CCOc1ccc(C2=NCN(CC3CC3)C(=O)O2)cc1. The highest BCUT2D eigenvalue weighted by atomic mass is 16.6. The summed E-state index contributed by atoms with van der Waals surface area (Å²) in [5.74, 6) is 1.84. The number of carbonyl (C=O) groups is 1. The summed E-state index contributed by atoms with van der Waals surface area (Å²) >= 11 is 0. The number of benzene rings is 1. The molecule has 1 aromatic carbocycles. The van der Waals surface area contributed by atoms with Crippen LogP contribution in [0.2, 0.25) is 0 Å². The zero-order valence-electron chi connectivity index (χ0n) is 11.5. The Balaban J connectivity index is 1.67. The van der Waals surface area contributed by atoms with Crippen LogP contribution in [0.15, 0.2) is 29.3 Å². The molecule has 0 radical (unpaired) electrons. The standard InChI is InChI=1S/C15H18N2O3/c1-2-19-13-7-5-12(6-8-13)14-16-10-17(15(18)20-14)9-11-3-4-11/h5-8,11H,2-4,9-10H2,1H3. The summed E-state index contributed by atoms with van der Waals surface area (Å²) in [5.41, 5.74) is 0.799. The lowest BCUT2D eigenvalue weighted by molar-refractivity contribution is 0.139. The second kappa shape index (κ2) is 5.53. The van der Waals surface area contributed by atoms with E-state index in [1.54, 1.807) is 4.90 Å². The molecule has 0 atom stereocenters. The molecule has 0 aromatic heterocycles. The summed E-state index contributed by atoms with van der Waals surface area (Å²) in [6.07, 6.45) is 2.12. The van der Waals surface area contributed by atoms with Crippen LogP contribution in [-0.2, 0) is 4.74 Å². The highest BCUT2D eigenvalue weighted by Crippen LogP contribution is 2.30. The minimum absolute atomic E-state index is 0.296. The Morgan fingerprint density at radius 3 is 2.70 bits per heavy atom. The van der Waals surface area contributed by atoms with Crippen molar-refractivity contribution in [2.45, 2.75) is 19.8 Å². The van der Waals surface area contributed by atoms with E-state index in [1.165, 1.54) is 12.8 Å². The molecule has 1 heterocycles. The lowest BCUT2D eigenvalue weighted by Gasteiger charge is -2.24. The number of cyclic esters (lactones) is 1. The summed E-state index contributed by atoms with van der Waals surface area (Å²) in [7, 11) is 0. The molecular weight excluding hydrogens is 256 g/mol. The molecule has 1 amide bonds. The van der Waals surface area contributed by atoms with Crippen molar-refractivity contribution in [3.05, 3.63) is 29.8 Å². The first-order valence-corrected chi connectivity index (χ1v) is 7.00. The summed E-state index contributed by atoms with van der Waals surface area (Å²) in [6.45, 7) is 3.72. The fourth-order valence-electron chi connectivity index (χ4n) is 2.14. The van der Waals surface area contributed by atoms with Crippen LogP contribution in [0, 0.1) is 5.92 Å². The fourth-order valence-corrected chi connectivity index (χ4v) is 2.14. The van der Waals surface area contributed by atoms with Gasteiger partial charge in [0.15, 0.2) is 0 Å². The number of hydrogen-bond donors (Lipinski definition) is 0. The molecule has 5 heteroatoms. The summed E-state index contributed by atoms with van der Waals surface area (Å²) in [4.78, 5) is 17.9. The van der Waals surface area contributed by atoms with Crippen LogP contribution in [0.1, 0.15) is 25.3 Å². The van der Waals surface area contributed by atoms with Crippen molar-refractivity contribution in [1.82, 2.24) is 4.90 Å². The third-order valence-corrected chi connectivity index (χ3v) is 3.41. The van der Waals surface area contributed by atoms with E-state index in [4.69, 9.17) is 9.47 Å². The van der Waals surface area contributed by atoms with Crippen LogP contribution >= 0.6 is 0 Å². The van der Waals surface area contributed by atoms with Crippen molar-refractivity contribution in [2.24, 2.45) is 10.9 Å². The summed E-state index contributed by atoms with van der Waals surface area (Å²) in [6, 6.07) is 7.42. The van der Waals surface area contributed by atoms with E-state index in [2.05, 4.69) is 4.99 Å². The molecule has 0 unspecified atom stereocenters. The zero-order chi connectivity index (χ0) is 13.9. The Hall–Kier alpha value is -2.04. The molecule has 1 aliphatic heterocycles. The predicted molar refractivity (Wildman–Crippen MR) is 74.9 cm³/mol. The number of rotatable bonds is 5. The number of amides is 1. The first-order chi connectivity index (χ1) is 9.76. The van der Waals surface area contributed by atoms with Crippen LogP contribution in [0.25, 0.3) is 0 Å². The van der Waals surface area contributed by atoms with Crippen molar-refractivity contribution < 1.29 is 14.3 Å². The number of ether oxygens (including phenoxy) is 2. The first kappa shape index (κ1) is 13.0. The normalized spacial score (nSPS) is 18.6. The highest BCUT2D eigenvalue weighted by Gasteiger charge is 2.30. The average Bonchev–Trinajstić information content (AvgIpc) is 3.26. The summed E-state index contributed by atoms with van der Waals surface area (Å²) in [5, 5.41) is 0. The van der Waals surface area contributed by atoms with E-state index in [0.29, 0.717) is 25.1 Å². The van der Waals surface area contributed by atoms with Gasteiger partial charge in [-0.2, -0.15) is 0 Å². The van der Waals surface area contributed by atoms with E-state index >= 15 is 0 Å². The molecule has 1 saturated carbocycles. The lowest BCUT2D eigenvalue weighted by atomic mass is 10.2. The van der Waals surface area contributed by atoms with Gasteiger partial charge in [-0.25, -0.2) is 9.79 Å². The maximum absolute atomic E-state index is 11.9. The van der Waals surface area contributed by atoms with Crippen molar-refractivity contribution in [3.63, 3.8) is 0 Å². The maximum atomic E-state index is 11.9. The molecule has 2 aliphatic rings. The zero-order valence-corrected chi connectivity index (χ0v) is 11.5. The van der Waals surface area contributed by atoms with Gasteiger partial charge in [-0.15, -0.1) is 0 Å². The molecule has 1 fully saturated rings. The van der Waals surface area contributed by atoms with Crippen molar-refractivity contribution in [1.29, 1.82) is 0 Å². The molecule has 1 aromatic rings. The molecule has 0 N–H and O–H groups in total. The smallest absolute Gasteiger partial charge is 0.418 e. The molecular formula is C15H18N2O3. The van der Waals surface area contributed by atoms with Gasteiger partial charge in [0.1, 0.15) is 12.4 Å². The largest absolute Gasteiger partial charge is 0.494 e. The van der Waals surface area contributed by atoms with Crippen molar-refractivity contribution in [3.8, 4) is 5.75 Å². The Kier molecular flexibility index (Phi) is 3.58. The van der Waals surface area contributed by atoms with E-state index in [9.17, 15) is 4.79 Å². The van der Waals surface area contributed by atoms with Gasteiger partial charge < -0.3 is 9.47 Å². The van der Waals surface area contributed by atoms with Crippen LogP contribution in [0.4, 0.5) is 4.79 Å². The topological polar surface area (TPSA) is 51.1 Å². The van der Waals surface area contributed by atoms with Gasteiger partial charge in [-0.05, 0) is 49.9 Å². The van der Waals surface area contributed by atoms with E-state index in [0.717, 1.165) is 17.9 Å². The number of carbonyl (C=O) groups excluding carboxylic acids is 1. The Labute approximate surface area is 118 Å². The lowest BCUT2D eigenvalue weighted by Crippen LogP contribution is -2.39. The van der Waals surface area contributed by atoms with Gasteiger partial charge in [-0.3, -0.25) is 4.90 Å².